The minimum absolute atomic E-state index is 0.0459. The van der Waals surface area contributed by atoms with Crippen LogP contribution in [0, 0.1) is 0 Å². The van der Waals surface area contributed by atoms with Gasteiger partial charge in [-0.2, -0.15) is 0 Å². The Balaban J connectivity index is 0.000000189. The average Bonchev–Trinajstić information content (AvgIpc) is 3.82. The van der Waals surface area contributed by atoms with Crippen molar-refractivity contribution >= 4 is 61.0 Å². The summed E-state index contributed by atoms with van der Waals surface area (Å²) in [5.41, 5.74) is 12.9. The molecule has 0 aromatic carbocycles. The topological polar surface area (TPSA) is 198 Å². The van der Waals surface area contributed by atoms with Crippen molar-refractivity contribution in [2.24, 2.45) is 11.5 Å². The summed E-state index contributed by atoms with van der Waals surface area (Å²) < 4.78 is 18.4. The van der Waals surface area contributed by atoms with Crippen molar-refractivity contribution in [3.63, 3.8) is 0 Å². The van der Waals surface area contributed by atoms with Gasteiger partial charge in [0.05, 0.1) is 10.8 Å². The Morgan fingerprint density at radius 1 is 0.721 bits per heavy atom. The van der Waals surface area contributed by atoms with E-state index >= 15 is 0 Å². The van der Waals surface area contributed by atoms with Crippen LogP contribution in [0.5, 0.6) is 11.8 Å². The molecule has 4 aliphatic rings. The number of ether oxygens (including phenoxy) is 3. The van der Waals surface area contributed by atoms with Crippen LogP contribution in [0.2, 0.25) is 0 Å². The Bertz CT molecular complexity index is 2150. The zero-order valence-corrected chi connectivity index (χ0v) is 38.1. The Morgan fingerprint density at radius 2 is 1.18 bits per heavy atom. The standard InChI is InChI=1S/C25H36N4O4S.C20H28N4O2S/c1-25(2,3)33-24(31)29(4)16-9-11-17(12-10-16)32-22-21-20-15(8-13-19(26)30)6-5-7-18(20)34-23(21)28-14-27-22;1-22-13-6-8-14(9-7-13)26-19-18-17-12(5-10-16(21)25)3-2-4-15(17)27-20(18)24-11-23-19/h14-17H,5-13H2,1-4H3,(H2,26,30);11-14,22H,2-10H2,1H3,(H2,21,25)/t15-,16?,17?;12-,13?,14?/m11/s1. The smallest absolute Gasteiger partial charge is 0.410 e. The lowest BCUT2D eigenvalue weighted by Gasteiger charge is -2.35. The highest BCUT2D eigenvalue weighted by Crippen LogP contribution is 2.48. The molecule has 61 heavy (non-hydrogen) atoms. The van der Waals surface area contributed by atoms with Gasteiger partial charge < -0.3 is 35.9 Å². The highest BCUT2D eigenvalue weighted by molar-refractivity contribution is 7.19. The number of hydrogen-bond donors (Lipinski definition) is 3. The van der Waals surface area contributed by atoms with Crippen LogP contribution < -0.4 is 26.3 Å². The van der Waals surface area contributed by atoms with E-state index in [4.69, 9.17) is 25.7 Å². The van der Waals surface area contributed by atoms with E-state index in [-0.39, 0.29) is 42.1 Å². The maximum atomic E-state index is 12.4. The summed E-state index contributed by atoms with van der Waals surface area (Å²) in [7, 11) is 3.85. The van der Waals surface area contributed by atoms with Crippen molar-refractivity contribution in [2.75, 3.05) is 14.1 Å². The molecule has 5 N–H and O–H groups in total. The minimum atomic E-state index is -0.501. The summed E-state index contributed by atoms with van der Waals surface area (Å²) in [5, 5.41) is 5.47. The lowest BCUT2D eigenvalue weighted by Crippen LogP contribution is -2.43. The summed E-state index contributed by atoms with van der Waals surface area (Å²) in [6.45, 7) is 5.65. The van der Waals surface area contributed by atoms with Crippen molar-refractivity contribution in [1.82, 2.24) is 30.2 Å². The van der Waals surface area contributed by atoms with Gasteiger partial charge >= 0.3 is 6.09 Å². The molecule has 14 nitrogen and oxygen atoms in total. The molecule has 0 radical (unpaired) electrons. The number of primary amides is 2. The number of aryl methyl sites for hydroxylation is 2. The first kappa shape index (κ1) is 44.9. The lowest BCUT2D eigenvalue weighted by atomic mass is 9.83. The fourth-order valence-corrected chi connectivity index (χ4v) is 12.2. The predicted octanol–water partition coefficient (Wildman–Crippen LogP) is 8.22. The van der Waals surface area contributed by atoms with Crippen molar-refractivity contribution in [3.05, 3.63) is 33.5 Å². The second kappa shape index (κ2) is 19.9. The number of amides is 3. The first-order valence-corrected chi connectivity index (χ1v) is 24.0. The molecule has 332 valence electrons. The van der Waals surface area contributed by atoms with Gasteiger partial charge in [-0.1, -0.05) is 0 Å². The summed E-state index contributed by atoms with van der Waals surface area (Å²) in [5.74, 6) is 1.54. The van der Waals surface area contributed by atoms with E-state index < -0.39 is 5.60 Å². The van der Waals surface area contributed by atoms with Gasteiger partial charge in [-0.15, -0.1) is 22.7 Å². The average molecular weight is 877 g/mol. The number of hydrogen-bond acceptors (Lipinski definition) is 13. The van der Waals surface area contributed by atoms with Crippen molar-refractivity contribution in [2.45, 2.75) is 178 Å². The van der Waals surface area contributed by atoms with Crippen LogP contribution >= 0.6 is 22.7 Å². The summed E-state index contributed by atoms with van der Waals surface area (Å²) in [6, 6.07) is 0.745. The molecule has 0 bridgehead atoms. The van der Waals surface area contributed by atoms with Crippen molar-refractivity contribution in [3.8, 4) is 11.8 Å². The maximum absolute atomic E-state index is 12.4. The van der Waals surface area contributed by atoms with Crippen LogP contribution in [0.15, 0.2) is 12.7 Å². The van der Waals surface area contributed by atoms with Crippen LogP contribution in [0.4, 0.5) is 4.79 Å². The quantitative estimate of drug-likeness (QED) is 0.124. The van der Waals surface area contributed by atoms with E-state index in [1.807, 2.05) is 34.9 Å². The van der Waals surface area contributed by atoms with Crippen molar-refractivity contribution < 1.29 is 28.6 Å². The Labute approximate surface area is 367 Å². The van der Waals surface area contributed by atoms with Gasteiger partial charge in [0, 0.05) is 41.7 Å². The van der Waals surface area contributed by atoms with Gasteiger partial charge in [-0.3, -0.25) is 9.59 Å². The minimum Gasteiger partial charge on any atom is -0.474 e. The molecule has 0 saturated heterocycles. The second-order valence-corrected chi connectivity index (χ2v) is 20.5. The molecule has 2 saturated carbocycles. The number of thiophene rings is 2. The first-order chi connectivity index (χ1) is 29.3. The van der Waals surface area contributed by atoms with Crippen LogP contribution in [-0.2, 0) is 27.2 Å². The molecule has 4 aromatic rings. The largest absolute Gasteiger partial charge is 0.474 e. The first-order valence-electron chi connectivity index (χ1n) is 22.3. The molecule has 4 aromatic heterocycles. The van der Waals surface area contributed by atoms with Gasteiger partial charge in [0.15, 0.2) is 0 Å². The van der Waals surface area contributed by atoms with E-state index in [1.165, 1.54) is 20.9 Å². The third-order valence-electron chi connectivity index (χ3n) is 12.9. The third kappa shape index (κ3) is 11.1. The van der Waals surface area contributed by atoms with Crippen LogP contribution in [0.25, 0.3) is 20.4 Å². The monoisotopic (exact) mass is 876 g/mol. The molecule has 3 amide bonds. The summed E-state index contributed by atoms with van der Waals surface area (Å²) in [6.07, 6.45) is 19.9. The van der Waals surface area contributed by atoms with E-state index in [2.05, 4.69) is 25.3 Å². The number of carbonyl (C=O) groups is 3. The molecular weight excluding hydrogens is 813 g/mol. The molecule has 0 spiro atoms. The van der Waals surface area contributed by atoms with E-state index in [0.29, 0.717) is 30.7 Å². The molecule has 2 fully saturated rings. The van der Waals surface area contributed by atoms with Crippen LogP contribution in [-0.4, -0.2) is 86.7 Å². The maximum Gasteiger partial charge on any atom is 0.410 e. The van der Waals surface area contributed by atoms with Gasteiger partial charge in [-0.05, 0) is 154 Å². The number of nitrogens with one attached hydrogen (secondary N) is 1. The highest BCUT2D eigenvalue weighted by Gasteiger charge is 2.34. The number of aromatic nitrogens is 4. The van der Waals surface area contributed by atoms with Gasteiger partial charge in [-0.25, -0.2) is 24.7 Å². The molecule has 8 rings (SSSR count). The zero-order valence-electron chi connectivity index (χ0n) is 36.5. The third-order valence-corrected chi connectivity index (χ3v) is 15.2. The molecule has 4 heterocycles. The van der Waals surface area contributed by atoms with Crippen LogP contribution in [0.1, 0.15) is 156 Å². The normalized spacial score (nSPS) is 23.9. The molecule has 2 atom stereocenters. The SMILES string of the molecule is CN(C(=O)OC(C)(C)C)C1CCC(Oc2ncnc3sc4c(c23)[C@@H](CCC(N)=O)CCC4)CC1.CNC1CCC(Oc2ncnc3sc4c(c23)[C@@H](CCC(N)=O)CCC4)CC1. The van der Waals surface area contributed by atoms with E-state index in [9.17, 15) is 14.4 Å². The van der Waals surface area contributed by atoms with Crippen LogP contribution in [0.3, 0.4) is 0 Å². The second-order valence-electron chi connectivity index (χ2n) is 18.3. The number of nitrogens with zero attached hydrogens (tertiary/aromatic N) is 5. The predicted molar refractivity (Wildman–Crippen MR) is 239 cm³/mol. The summed E-state index contributed by atoms with van der Waals surface area (Å²) in [4.78, 5) is 59.7. The highest BCUT2D eigenvalue weighted by atomic mass is 32.1. The number of fused-ring (bicyclic) bond motifs is 6. The molecule has 0 aliphatic heterocycles. The van der Waals surface area contributed by atoms with E-state index in [1.54, 1.807) is 40.2 Å². The van der Waals surface area contributed by atoms with Gasteiger partial charge in [0.2, 0.25) is 23.6 Å². The van der Waals surface area contributed by atoms with Crippen molar-refractivity contribution in [1.29, 1.82) is 0 Å². The summed E-state index contributed by atoms with van der Waals surface area (Å²) >= 11 is 3.48. The Kier molecular flexibility index (Phi) is 14.7. The molecular formula is C45H64N8O6S2. The molecule has 0 unspecified atom stereocenters. The van der Waals surface area contributed by atoms with Gasteiger partial charge in [0.25, 0.3) is 0 Å². The Hall–Kier alpha value is -4.15. The van der Waals surface area contributed by atoms with Gasteiger partial charge in [0.1, 0.15) is 40.1 Å². The zero-order chi connectivity index (χ0) is 43.3. The number of nitrogens with two attached hydrogens (primary N) is 2. The number of carbonyl (C=O) groups excluding carboxylic acids is 3. The number of rotatable bonds is 12. The fraction of sp³-hybridized carbons (Fsp3) is 0.667. The molecule has 4 aliphatic carbocycles. The molecule has 16 heteroatoms. The Morgan fingerprint density at radius 3 is 1.61 bits per heavy atom. The lowest BCUT2D eigenvalue weighted by molar-refractivity contribution is -0.119. The van der Waals surface area contributed by atoms with E-state index in [0.717, 1.165) is 129 Å². The fourth-order valence-electron chi connectivity index (χ4n) is 9.70.